The molecule has 0 amide bonds. The Bertz CT molecular complexity index is 3290. The monoisotopic (exact) mass is 1070 g/mol. The number of hydrogen-bond donors (Lipinski definition) is 0. The quantitative estimate of drug-likeness (QED) is 0.0644. The molecule has 2 heterocycles. The Balaban J connectivity index is 0.000000347. The number of fused-ring (bicyclic) bond motifs is 4. The molecule has 0 N–H and O–H groups in total. The molecule has 19 heteroatoms. The molecule has 69 heavy (non-hydrogen) atoms. The van der Waals surface area contributed by atoms with Gasteiger partial charge in [0.2, 0.25) is 8.42 Å². The maximum absolute atomic E-state index is 10.7. The van der Waals surface area contributed by atoms with Gasteiger partial charge in [0, 0.05) is 36.4 Å². The minimum Gasteiger partial charge on any atom is -0.741 e. The third-order valence-corrected chi connectivity index (χ3v) is 19.7. The van der Waals surface area contributed by atoms with E-state index in [1.165, 1.54) is 79.5 Å². The Labute approximate surface area is 410 Å². The van der Waals surface area contributed by atoms with Crippen molar-refractivity contribution >= 4 is 120 Å². The normalized spacial score (nSPS) is 12.3. The number of rotatable bonds is 8. The SMILES string of the molecule is O=S(=O)([O-])C(F)(F)F.O=S(=O)([O-])C(F)(F)F.c1ccc2cc([S+](c3ccc4ccccc4c3)c3ccc(Sc4ccc([S+](c5ccc6ccccc6c5)c5ccc6ccccc6c5)s4)s3)ccc2c1. The third kappa shape index (κ3) is 12.0. The van der Waals surface area contributed by atoms with Crippen LogP contribution in [0.3, 0.4) is 0 Å². The first-order valence-electron chi connectivity index (χ1n) is 20.1. The summed E-state index contributed by atoms with van der Waals surface area (Å²) in [7, 11) is -12.6. The second-order valence-corrected chi connectivity index (χ2v) is 25.7. The Morgan fingerprint density at radius 1 is 0.362 bits per heavy atom. The summed E-state index contributed by atoms with van der Waals surface area (Å²) in [6, 6.07) is 72.2. The van der Waals surface area contributed by atoms with E-state index in [2.05, 4.69) is 194 Å². The van der Waals surface area contributed by atoms with Crippen molar-refractivity contribution in [2.24, 2.45) is 0 Å². The fourth-order valence-electron chi connectivity index (χ4n) is 6.95. The van der Waals surface area contributed by atoms with Crippen molar-refractivity contribution in [2.45, 2.75) is 47.4 Å². The van der Waals surface area contributed by atoms with Crippen LogP contribution in [0.15, 0.2) is 231 Å². The molecule has 8 aromatic carbocycles. The second-order valence-electron chi connectivity index (χ2n) is 14.7. The van der Waals surface area contributed by atoms with Gasteiger partial charge in [0.1, 0.15) is 21.8 Å². The molecule has 0 unspecified atom stereocenters. The number of benzene rings is 8. The molecule has 0 aliphatic rings. The highest BCUT2D eigenvalue weighted by molar-refractivity contribution is 8.04. The molecule has 0 saturated heterocycles. The largest absolute Gasteiger partial charge is 0.741 e. The molecule has 0 aliphatic heterocycles. The van der Waals surface area contributed by atoms with Crippen LogP contribution in [0.1, 0.15) is 0 Å². The van der Waals surface area contributed by atoms with E-state index in [9.17, 15) is 26.3 Å². The summed E-state index contributed by atoms with van der Waals surface area (Å²) in [5, 5.41) is 10.3. The molecule has 0 radical (unpaired) electrons. The molecule has 0 atom stereocenters. The van der Waals surface area contributed by atoms with Gasteiger partial charge >= 0.3 is 11.0 Å². The highest BCUT2D eigenvalue weighted by atomic mass is 32.2. The maximum Gasteiger partial charge on any atom is 0.485 e. The lowest BCUT2D eigenvalue weighted by molar-refractivity contribution is -0.0522. The lowest BCUT2D eigenvalue weighted by Gasteiger charge is -2.08. The van der Waals surface area contributed by atoms with Gasteiger partial charge in [0.05, 0.1) is 8.42 Å². The van der Waals surface area contributed by atoms with Crippen molar-refractivity contribution in [2.75, 3.05) is 0 Å². The van der Waals surface area contributed by atoms with Crippen molar-refractivity contribution < 1.29 is 52.3 Å². The van der Waals surface area contributed by atoms with Gasteiger partial charge in [-0.25, -0.2) is 16.8 Å². The van der Waals surface area contributed by atoms with Crippen LogP contribution in [0.4, 0.5) is 26.3 Å². The zero-order chi connectivity index (χ0) is 49.1. The summed E-state index contributed by atoms with van der Waals surface area (Å²) in [6.45, 7) is 0. The lowest BCUT2D eigenvalue weighted by Crippen LogP contribution is -2.21. The van der Waals surface area contributed by atoms with Gasteiger partial charge in [-0.05, 0) is 104 Å². The average Bonchev–Trinajstić information content (AvgIpc) is 3.98. The fourth-order valence-corrected chi connectivity index (χ4v) is 16.3. The molecular weight excluding hydrogens is 1040 g/mol. The van der Waals surface area contributed by atoms with Gasteiger partial charge in [-0.3, -0.25) is 0 Å². The molecule has 2 aromatic heterocycles. The zero-order valence-corrected chi connectivity index (χ0v) is 40.8. The van der Waals surface area contributed by atoms with E-state index in [1.54, 1.807) is 0 Å². The van der Waals surface area contributed by atoms with Crippen LogP contribution in [-0.4, -0.2) is 37.0 Å². The van der Waals surface area contributed by atoms with Crippen LogP contribution in [0, 0.1) is 0 Å². The Morgan fingerprint density at radius 3 is 0.826 bits per heavy atom. The van der Waals surface area contributed by atoms with Crippen molar-refractivity contribution in [1.82, 2.24) is 0 Å². The summed E-state index contributed by atoms with van der Waals surface area (Å²) in [4.78, 5) is 5.41. The standard InChI is InChI=1S/C48H32S5.2CHF3O3S/c1-5-13-37-29-41(21-17-33(37)9-1)52(42-22-18-34-10-2-6-14-38(34)30-42)47-27-25-45(50-47)49-46-26-28-48(51-46)53(43-23-19-35-11-3-7-15-39(35)31-43)44-24-20-36-12-4-8-16-40(36)32-44;2*2-1(3,4)8(5,6)7/h1-32H;2*(H,5,6,7)/q+2;;/p-2. The van der Waals surface area contributed by atoms with Gasteiger partial charge in [-0.15, -0.1) is 0 Å². The minimum atomic E-state index is -6.09. The first-order chi connectivity index (χ1) is 32.7. The van der Waals surface area contributed by atoms with Gasteiger partial charge in [0.25, 0.3) is 0 Å². The van der Waals surface area contributed by atoms with Crippen LogP contribution >= 0.6 is 34.4 Å². The molecule has 10 rings (SSSR count). The first-order valence-corrected chi connectivity index (χ1v) is 27.8. The molecule has 0 fully saturated rings. The van der Waals surface area contributed by atoms with E-state index in [0.717, 1.165) is 0 Å². The van der Waals surface area contributed by atoms with E-state index in [4.69, 9.17) is 25.9 Å². The van der Waals surface area contributed by atoms with E-state index in [1.807, 2.05) is 34.4 Å². The lowest BCUT2D eigenvalue weighted by atomic mass is 10.1. The van der Waals surface area contributed by atoms with Crippen molar-refractivity contribution in [3.8, 4) is 0 Å². The fraction of sp³-hybridized carbons (Fsp3) is 0.0400. The Hall–Kier alpha value is -5.35. The first kappa shape index (κ1) is 50.1. The summed E-state index contributed by atoms with van der Waals surface area (Å²) in [5.74, 6) is 0. The van der Waals surface area contributed by atoms with Crippen LogP contribution < -0.4 is 0 Å². The number of halogens is 6. The molecule has 0 saturated carbocycles. The topological polar surface area (TPSA) is 114 Å². The molecule has 10 aromatic rings. The van der Waals surface area contributed by atoms with Crippen molar-refractivity contribution in [3.05, 3.63) is 194 Å². The minimum absolute atomic E-state index is 0.229. The third-order valence-electron chi connectivity index (χ3n) is 10.1. The molecule has 6 nitrogen and oxygen atoms in total. The number of alkyl halides is 6. The second kappa shape index (κ2) is 20.5. The Morgan fingerprint density at radius 2 is 0.594 bits per heavy atom. The molecule has 352 valence electrons. The summed E-state index contributed by atoms with van der Waals surface area (Å²) in [6.07, 6.45) is 0. The number of thiophene rings is 2. The van der Waals surface area contributed by atoms with Crippen LogP contribution in [0.25, 0.3) is 43.1 Å². The summed E-state index contributed by atoms with van der Waals surface area (Å²) >= 11 is 5.77. The van der Waals surface area contributed by atoms with Gasteiger partial charge in [0.15, 0.2) is 39.8 Å². The summed E-state index contributed by atoms with van der Waals surface area (Å²) < 4.78 is 123. The van der Waals surface area contributed by atoms with Crippen molar-refractivity contribution in [3.63, 3.8) is 0 Å². The van der Waals surface area contributed by atoms with E-state index < -0.39 is 31.3 Å². The molecular formula is C50H32F6O6S7. The highest BCUT2D eigenvalue weighted by Crippen LogP contribution is 2.46. The van der Waals surface area contributed by atoms with Crippen molar-refractivity contribution in [1.29, 1.82) is 0 Å². The number of hydrogen-bond acceptors (Lipinski definition) is 9. The van der Waals surface area contributed by atoms with E-state index >= 15 is 0 Å². The summed E-state index contributed by atoms with van der Waals surface area (Å²) in [5.41, 5.74) is -11.3. The van der Waals surface area contributed by atoms with Gasteiger partial charge in [-0.1, -0.05) is 131 Å². The van der Waals surface area contributed by atoms with Crippen LogP contribution in [-0.2, 0) is 42.0 Å². The molecule has 0 aliphatic carbocycles. The van der Waals surface area contributed by atoms with Gasteiger partial charge in [-0.2, -0.15) is 26.3 Å². The maximum atomic E-state index is 10.7. The smallest absolute Gasteiger partial charge is 0.485 e. The van der Waals surface area contributed by atoms with E-state index in [-0.39, 0.29) is 21.8 Å². The average molecular weight is 1070 g/mol. The predicted molar refractivity (Wildman–Crippen MR) is 264 cm³/mol. The molecule has 0 bridgehead atoms. The van der Waals surface area contributed by atoms with E-state index in [0.29, 0.717) is 0 Å². The Kier molecular flexibility index (Phi) is 14.9. The highest BCUT2D eigenvalue weighted by Gasteiger charge is 2.38. The van der Waals surface area contributed by atoms with Gasteiger partial charge < -0.3 is 9.11 Å². The molecule has 0 spiro atoms. The predicted octanol–water partition coefficient (Wildman–Crippen LogP) is 14.9. The van der Waals surface area contributed by atoms with Crippen LogP contribution in [0.2, 0.25) is 0 Å². The zero-order valence-electron chi connectivity index (χ0n) is 35.1. The van der Waals surface area contributed by atoms with Crippen LogP contribution in [0.5, 0.6) is 0 Å².